The van der Waals surface area contributed by atoms with Gasteiger partial charge in [0, 0.05) is 18.5 Å². The summed E-state index contributed by atoms with van der Waals surface area (Å²) in [5.74, 6) is -0.445. The highest BCUT2D eigenvalue weighted by molar-refractivity contribution is 5.98. The molecule has 0 saturated heterocycles. The van der Waals surface area contributed by atoms with Gasteiger partial charge >= 0.3 is 5.97 Å². The number of carboxylic acids is 1. The molecule has 0 amide bonds. The Kier molecular flexibility index (Phi) is 3.97. The van der Waals surface area contributed by atoms with Crippen LogP contribution in [0.15, 0.2) is 30.3 Å². The third-order valence-electron chi connectivity index (χ3n) is 2.99. The van der Waals surface area contributed by atoms with Crippen LogP contribution in [0.1, 0.15) is 17.4 Å². The van der Waals surface area contributed by atoms with Crippen LogP contribution >= 0.6 is 0 Å². The Morgan fingerprint density at radius 1 is 1.37 bits per heavy atom. The van der Waals surface area contributed by atoms with Crippen molar-refractivity contribution in [1.29, 1.82) is 0 Å². The first-order chi connectivity index (χ1) is 9.17. The van der Waals surface area contributed by atoms with Crippen LogP contribution < -0.4 is 4.90 Å². The molecule has 0 aliphatic carbocycles. The van der Waals surface area contributed by atoms with Crippen molar-refractivity contribution in [2.75, 3.05) is 24.6 Å². The van der Waals surface area contributed by atoms with Crippen molar-refractivity contribution in [2.45, 2.75) is 6.92 Å². The van der Waals surface area contributed by atoms with Crippen LogP contribution in [0.4, 0.5) is 5.82 Å². The molecule has 0 radical (unpaired) electrons. The molecule has 0 aliphatic heterocycles. The van der Waals surface area contributed by atoms with Gasteiger partial charge in [0.25, 0.3) is 0 Å². The third-order valence-corrected chi connectivity index (χ3v) is 2.99. The number of pyridine rings is 1. The Balaban J connectivity index is 2.65. The topological polar surface area (TPSA) is 73.7 Å². The summed E-state index contributed by atoms with van der Waals surface area (Å²) in [4.78, 5) is 17.2. The number of rotatable bonds is 5. The van der Waals surface area contributed by atoms with Gasteiger partial charge in [-0.2, -0.15) is 0 Å². The van der Waals surface area contributed by atoms with E-state index >= 15 is 0 Å². The number of benzene rings is 1. The molecule has 0 unspecified atom stereocenters. The number of aromatic carboxylic acids is 1. The first-order valence-corrected chi connectivity index (χ1v) is 6.16. The van der Waals surface area contributed by atoms with Gasteiger partial charge in [0.15, 0.2) is 5.69 Å². The Morgan fingerprint density at radius 2 is 2.11 bits per heavy atom. The lowest BCUT2D eigenvalue weighted by molar-refractivity contribution is 0.0691. The van der Waals surface area contributed by atoms with E-state index in [0.29, 0.717) is 18.9 Å². The minimum Gasteiger partial charge on any atom is -0.477 e. The lowest BCUT2D eigenvalue weighted by atomic mass is 10.1. The highest BCUT2D eigenvalue weighted by Crippen LogP contribution is 2.25. The molecule has 0 atom stereocenters. The van der Waals surface area contributed by atoms with E-state index in [-0.39, 0.29) is 12.3 Å². The predicted octanol–water partition coefficient (Wildman–Crippen LogP) is 1.75. The largest absolute Gasteiger partial charge is 0.477 e. The summed E-state index contributed by atoms with van der Waals surface area (Å²) in [6, 6.07) is 9.08. The quantitative estimate of drug-likeness (QED) is 0.856. The predicted molar refractivity (Wildman–Crippen MR) is 73.7 cm³/mol. The number of aliphatic hydroxyl groups excluding tert-OH is 1. The van der Waals surface area contributed by atoms with Crippen molar-refractivity contribution in [3.63, 3.8) is 0 Å². The summed E-state index contributed by atoms with van der Waals surface area (Å²) in [6.07, 6.45) is 0. The molecule has 1 aromatic heterocycles. The fraction of sp³-hybridized carbons (Fsp3) is 0.286. The maximum atomic E-state index is 11.1. The second-order valence-corrected chi connectivity index (χ2v) is 4.16. The second kappa shape index (κ2) is 5.67. The van der Waals surface area contributed by atoms with E-state index in [1.54, 1.807) is 6.07 Å². The monoisotopic (exact) mass is 260 g/mol. The fourth-order valence-electron chi connectivity index (χ4n) is 2.07. The summed E-state index contributed by atoms with van der Waals surface area (Å²) in [6.45, 7) is 3.03. The molecule has 19 heavy (non-hydrogen) atoms. The number of nitrogens with zero attached hydrogens (tertiary/aromatic N) is 2. The molecular formula is C14H16N2O3. The van der Waals surface area contributed by atoms with Crippen molar-refractivity contribution in [3.8, 4) is 0 Å². The van der Waals surface area contributed by atoms with Crippen LogP contribution in [0.3, 0.4) is 0 Å². The van der Waals surface area contributed by atoms with Crippen molar-refractivity contribution >= 4 is 22.6 Å². The summed E-state index contributed by atoms with van der Waals surface area (Å²) in [5, 5.41) is 19.9. The zero-order valence-corrected chi connectivity index (χ0v) is 10.7. The van der Waals surface area contributed by atoms with E-state index in [9.17, 15) is 4.79 Å². The molecule has 0 saturated carbocycles. The zero-order valence-electron chi connectivity index (χ0n) is 10.7. The Bertz CT molecular complexity index is 598. The minimum atomic E-state index is -1.05. The van der Waals surface area contributed by atoms with Gasteiger partial charge in [0.1, 0.15) is 5.82 Å². The smallest absolute Gasteiger partial charge is 0.354 e. The van der Waals surface area contributed by atoms with Gasteiger partial charge in [-0.25, -0.2) is 9.78 Å². The number of carbonyl (C=O) groups is 1. The van der Waals surface area contributed by atoms with E-state index in [4.69, 9.17) is 10.2 Å². The van der Waals surface area contributed by atoms with Gasteiger partial charge in [0.2, 0.25) is 0 Å². The first kappa shape index (κ1) is 13.3. The van der Waals surface area contributed by atoms with Gasteiger partial charge in [0.05, 0.1) is 6.61 Å². The number of carboxylic acid groups (broad SMARTS) is 1. The van der Waals surface area contributed by atoms with Crippen LogP contribution in [0.25, 0.3) is 10.8 Å². The molecule has 100 valence electrons. The molecule has 0 bridgehead atoms. The average molecular weight is 260 g/mol. The number of aliphatic hydroxyl groups is 1. The van der Waals surface area contributed by atoms with E-state index in [1.165, 1.54) is 0 Å². The number of likely N-dealkylation sites (N-methyl/N-ethyl adjacent to an activating group) is 1. The van der Waals surface area contributed by atoms with Crippen LogP contribution in [0.5, 0.6) is 0 Å². The number of anilines is 1. The molecule has 5 heteroatoms. The Hall–Kier alpha value is -2.14. The average Bonchev–Trinajstić information content (AvgIpc) is 2.43. The number of hydrogen-bond acceptors (Lipinski definition) is 4. The maximum Gasteiger partial charge on any atom is 0.354 e. The fourth-order valence-corrected chi connectivity index (χ4v) is 2.07. The van der Waals surface area contributed by atoms with E-state index in [1.807, 2.05) is 36.1 Å². The van der Waals surface area contributed by atoms with Crippen LogP contribution in [0, 0.1) is 0 Å². The number of hydrogen-bond donors (Lipinski definition) is 2. The first-order valence-electron chi connectivity index (χ1n) is 6.16. The Morgan fingerprint density at radius 3 is 2.74 bits per heavy atom. The molecule has 5 nitrogen and oxygen atoms in total. The molecular weight excluding hydrogens is 244 g/mol. The maximum absolute atomic E-state index is 11.1. The molecule has 1 heterocycles. The van der Waals surface area contributed by atoms with Crippen molar-refractivity contribution in [3.05, 3.63) is 36.0 Å². The van der Waals surface area contributed by atoms with E-state index in [0.717, 1.165) is 10.8 Å². The van der Waals surface area contributed by atoms with Crippen LogP contribution in [-0.2, 0) is 0 Å². The van der Waals surface area contributed by atoms with Crippen molar-refractivity contribution in [2.24, 2.45) is 0 Å². The lowest BCUT2D eigenvalue weighted by Crippen LogP contribution is -2.27. The highest BCUT2D eigenvalue weighted by Gasteiger charge is 2.14. The molecule has 0 aliphatic rings. The van der Waals surface area contributed by atoms with Gasteiger partial charge < -0.3 is 15.1 Å². The summed E-state index contributed by atoms with van der Waals surface area (Å²) in [7, 11) is 0. The second-order valence-electron chi connectivity index (χ2n) is 4.16. The number of aromatic nitrogens is 1. The highest BCUT2D eigenvalue weighted by atomic mass is 16.4. The van der Waals surface area contributed by atoms with Crippen LogP contribution in [-0.4, -0.2) is 40.9 Å². The summed E-state index contributed by atoms with van der Waals surface area (Å²) in [5.41, 5.74) is 0.0186. The van der Waals surface area contributed by atoms with Gasteiger partial charge in [-0.15, -0.1) is 0 Å². The summed E-state index contributed by atoms with van der Waals surface area (Å²) < 4.78 is 0. The molecule has 2 rings (SSSR count). The molecule has 0 spiro atoms. The van der Waals surface area contributed by atoms with Gasteiger partial charge in [-0.1, -0.05) is 24.3 Å². The van der Waals surface area contributed by atoms with Crippen molar-refractivity contribution in [1.82, 2.24) is 4.98 Å². The van der Waals surface area contributed by atoms with Gasteiger partial charge in [-0.05, 0) is 18.4 Å². The van der Waals surface area contributed by atoms with E-state index < -0.39 is 5.97 Å². The summed E-state index contributed by atoms with van der Waals surface area (Å²) >= 11 is 0. The molecule has 2 aromatic rings. The van der Waals surface area contributed by atoms with Crippen molar-refractivity contribution < 1.29 is 15.0 Å². The normalized spacial score (nSPS) is 10.6. The Labute approximate surface area is 111 Å². The zero-order chi connectivity index (χ0) is 13.8. The van der Waals surface area contributed by atoms with E-state index in [2.05, 4.69) is 4.98 Å². The lowest BCUT2D eigenvalue weighted by Gasteiger charge is -2.22. The third kappa shape index (κ3) is 2.66. The molecule has 0 fully saturated rings. The van der Waals surface area contributed by atoms with Crippen LogP contribution in [0.2, 0.25) is 0 Å². The minimum absolute atomic E-state index is 0.00114. The number of fused-ring (bicyclic) bond motifs is 1. The standard InChI is InChI=1S/C14H16N2O3/c1-2-16(7-8-17)13-11-6-4-3-5-10(11)9-12(15-13)14(18)19/h3-6,9,17H,2,7-8H2,1H3,(H,18,19). The van der Waals surface area contributed by atoms with Gasteiger partial charge in [-0.3, -0.25) is 0 Å². The molecule has 1 aromatic carbocycles. The molecule has 2 N–H and O–H groups in total. The SMILES string of the molecule is CCN(CCO)c1nc(C(=O)O)cc2ccccc12.